The lowest BCUT2D eigenvalue weighted by molar-refractivity contribution is -0.119. The molecule has 4 rings (SSSR count). The van der Waals surface area contributed by atoms with Crippen LogP contribution in [0.1, 0.15) is 53.8 Å². The number of imide groups is 1. The second-order valence-electron chi connectivity index (χ2n) is 8.25. The smallest absolute Gasteiger partial charge is 0.262 e. The fraction of sp³-hybridized carbons (Fsp3) is 0.375. The summed E-state index contributed by atoms with van der Waals surface area (Å²) in [4.78, 5) is 39.3. The summed E-state index contributed by atoms with van der Waals surface area (Å²) in [5.41, 5.74) is 0.735. The molecule has 1 N–H and O–H groups in total. The van der Waals surface area contributed by atoms with E-state index >= 15 is 0 Å². The first-order valence-corrected chi connectivity index (χ1v) is 12.7. The highest BCUT2D eigenvalue weighted by Gasteiger charge is 2.40. The third kappa shape index (κ3) is 4.30. The zero-order valence-electron chi connectivity index (χ0n) is 19.1. The molecule has 10 heteroatoms. The van der Waals surface area contributed by atoms with E-state index in [1.54, 1.807) is 31.2 Å². The van der Waals surface area contributed by atoms with Crippen molar-refractivity contribution in [2.24, 2.45) is 0 Å². The third-order valence-electron chi connectivity index (χ3n) is 6.04. The van der Waals surface area contributed by atoms with Crippen LogP contribution in [0, 0.1) is 0 Å². The van der Waals surface area contributed by atoms with Crippen LogP contribution in [0.2, 0.25) is 0 Å². The molecule has 0 radical (unpaired) electrons. The Labute approximate surface area is 198 Å². The number of hydrogen-bond acceptors (Lipinski definition) is 6. The van der Waals surface area contributed by atoms with Gasteiger partial charge in [0.25, 0.3) is 11.8 Å². The Morgan fingerprint density at radius 2 is 1.65 bits per heavy atom. The number of nitrogens with zero attached hydrogens (tertiary/aromatic N) is 2. The summed E-state index contributed by atoms with van der Waals surface area (Å²) in [6.45, 7) is 4.36. The molecule has 3 amide bonds. The summed E-state index contributed by atoms with van der Waals surface area (Å²) < 4.78 is 33.6. The summed E-state index contributed by atoms with van der Waals surface area (Å²) in [5.74, 6) is -1.48. The van der Waals surface area contributed by atoms with E-state index in [-0.39, 0.29) is 34.1 Å². The first kappa shape index (κ1) is 23.9. The van der Waals surface area contributed by atoms with E-state index in [1.807, 2.05) is 0 Å². The van der Waals surface area contributed by atoms with Crippen LogP contribution >= 0.6 is 0 Å². The van der Waals surface area contributed by atoms with Gasteiger partial charge in [0.15, 0.2) is 0 Å². The topological polar surface area (TPSA) is 113 Å². The summed E-state index contributed by atoms with van der Waals surface area (Å²) in [5, 5.41) is 2.65. The van der Waals surface area contributed by atoms with E-state index in [4.69, 9.17) is 4.74 Å². The van der Waals surface area contributed by atoms with Gasteiger partial charge in [-0.2, -0.15) is 4.31 Å². The van der Waals surface area contributed by atoms with Crippen LogP contribution in [-0.4, -0.2) is 61.1 Å². The summed E-state index contributed by atoms with van der Waals surface area (Å²) in [6, 6.07) is 9.71. The molecule has 2 heterocycles. The fourth-order valence-corrected chi connectivity index (χ4v) is 5.90. The van der Waals surface area contributed by atoms with Crippen LogP contribution < -0.4 is 10.1 Å². The van der Waals surface area contributed by atoms with Gasteiger partial charge < -0.3 is 10.1 Å². The molecule has 9 nitrogen and oxygen atoms in total. The number of ether oxygens (including phenoxy) is 1. The second-order valence-corrected chi connectivity index (χ2v) is 10.2. The third-order valence-corrected chi connectivity index (χ3v) is 7.96. The molecule has 180 valence electrons. The van der Waals surface area contributed by atoms with Gasteiger partial charge in [0, 0.05) is 18.8 Å². The lowest BCUT2D eigenvalue weighted by atomic mass is 10.1. The molecule has 34 heavy (non-hydrogen) atoms. The minimum atomic E-state index is -3.82. The standard InChI is InChI=1S/C24H27N3O6S/c1-3-33-20-12-11-17(15-21(20)34(31,32)26-13-7-4-8-14-26)25-22(28)16(2)27-23(29)18-9-5-6-10-19(18)24(27)30/h5-6,9-12,15-16H,3-4,7-8,13-14H2,1-2H3,(H,25,28). The fourth-order valence-electron chi connectivity index (χ4n) is 4.23. The van der Waals surface area contributed by atoms with Gasteiger partial charge in [-0.25, -0.2) is 8.42 Å². The average molecular weight is 486 g/mol. The van der Waals surface area contributed by atoms with Crippen molar-refractivity contribution in [3.05, 3.63) is 53.6 Å². The maximum absolute atomic E-state index is 13.3. The summed E-state index contributed by atoms with van der Waals surface area (Å²) in [7, 11) is -3.82. The zero-order valence-corrected chi connectivity index (χ0v) is 19.9. The van der Waals surface area contributed by atoms with Crippen molar-refractivity contribution in [1.29, 1.82) is 0 Å². The Hall–Kier alpha value is -3.24. The van der Waals surface area contributed by atoms with Gasteiger partial charge in [-0.1, -0.05) is 18.6 Å². The van der Waals surface area contributed by atoms with Gasteiger partial charge in [0.1, 0.15) is 16.7 Å². The lowest BCUT2D eigenvalue weighted by Gasteiger charge is -2.27. The monoisotopic (exact) mass is 485 g/mol. The molecule has 2 aliphatic heterocycles. The quantitative estimate of drug-likeness (QED) is 0.604. The summed E-state index contributed by atoms with van der Waals surface area (Å²) >= 11 is 0. The Morgan fingerprint density at radius 3 is 2.24 bits per heavy atom. The first-order chi connectivity index (χ1) is 16.3. The van der Waals surface area contributed by atoms with E-state index in [9.17, 15) is 22.8 Å². The van der Waals surface area contributed by atoms with Gasteiger partial charge in [0.2, 0.25) is 15.9 Å². The van der Waals surface area contributed by atoms with Crippen molar-refractivity contribution in [3.8, 4) is 5.75 Å². The Bertz CT molecular complexity index is 1200. The lowest BCUT2D eigenvalue weighted by Crippen LogP contribution is -2.45. The van der Waals surface area contributed by atoms with Crippen molar-refractivity contribution in [2.45, 2.75) is 44.0 Å². The minimum Gasteiger partial charge on any atom is -0.492 e. The number of piperidine rings is 1. The number of fused-ring (bicyclic) bond motifs is 1. The number of carbonyl (C=O) groups is 3. The molecule has 0 saturated carbocycles. The van der Waals surface area contributed by atoms with Gasteiger partial charge in [-0.05, 0) is 57.0 Å². The van der Waals surface area contributed by atoms with Gasteiger partial charge in [-0.3, -0.25) is 19.3 Å². The molecule has 0 aliphatic carbocycles. The Kier molecular flexibility index (Phi) is 6.72. The number of nitrogens with one attached hydrogen (secondary N) is 1. The number of benzene rings is 2. The van der Waals surface area contributed by atoms with Crippen LogP contribution in [0.25, 0.3) is 0 Å². The van der Waals surface area contributed by atoms with Crippen molar-refractivity contribution < 1.29 is 27.5 Å². The number of hydrogen-bond donors (Lipinski definition) is 1. The van der Waals surface area contributed by atoms with E-state index in [2.05, 4.69) is 5.32 Å². The molecule has 0 bridgehead atoms. The van der Waals surface area contributed by atoms with Gasteiger partial charge in [-0.15, -0.1) is 0 Å². The van der Waals surface area contributed by atoms with Crippen molar-refractivity contribution >= 4 is 33.4 Å². The first-order valence-electron chi connectivity index (χ1n) is 11.3. The number of sulfonamides is 1. The van der Waals surface area contributed by atoms with Crippen LogP contribution in [0.3, 0.4) is 0 Å². The van der Waals surface area contributed by atoms with Crippen molar-refractivity contribution in [3.63, 3.8) is 0 Å². The minimum absolute atomic E-state index is 0.0255. The van der Waals surface area contributed by atoms with E-state index in [1.165, 1.54) is 29.4 Å². The Morgan fingerprint density at radius 1 is 1.03 bits per heavy atom. The predicted octanol–water partition coefficient (Wildman–Crippen LogP) is 2.88. The second kappa shape index (κ2) is 9.55. The zero-order chi connectivity index (χ0) is 24.5. The maximum Gasteiger partial charge on any atom is 0.262 e. The molecule has 1 saturated heterocycles. The van der Waals surface area contributed by atoms with Crippen LogP contribution in [0.15, 0.2) is 47.4 Å². The van der Waals surface area contributed by atoms with E-state index < -0.39 is 33.8 Å². The molecule has 0 aromatic heterocycles. The molecular weight excluding hydrogens is 458 g/mol. The highest BCUT2D eigenvalue weighted by Crippen LogP contribution is 2.32. The van der Waals surface area contributed by atoms with Gasteiger partial charge >= 0.3 is 0 Å². The van der Waals surface area contributed by atoms with Crippen molar-refractivity contribution in [2.75, 3.05) is 25.0 Å². The highest BCUT2D eigenvalue weighted by molar-refractivity contribution is 7.89. The molecule has 2 aromatic carbocycles. The largest absolute Gasteiger partial charge is 0.492 e. The summed E-state index contributed by atoms with van der Waals surface area (Å²) in [6.07, 6.45) is 2.56. The molecular formula is C24H27N3O6S. The molecule has 1 unspecified atom stereocenters. The molecule has 2 aromatic rings. The van der Waals surface area contributed by atoms with E-state index in [0.717, 1.165) is 24.2 Å². The number of amides is 3. The average Bonchev–Trinajstić information content (AvgIpc) is 3.10. The molecule has 1 fully saturated rings. The van der Waals surface area contributed by atoms with E-state index in [0.29, 0.717) is 13.1 Å². The molecule has 0 spiro atoms. The maximum atomic E-state index is 13.3. The molecule has 2 aliphatic rings. The predicted molar refractivity (Wildman–Crippen MR) is 125 cm³/mol. The number of anilines is 1. The number of rotatable bonds is 7. The van der Waals surface area contributed by atoms with Crippen LogP contribution in [-0.2, 0) is 14.8 Å². The highest BCUT2D eigenvalue weighted by atomic mass is 32.2. The molecule has 1 atom stereocenters. The van der Waals surface area contributed by atoms with Crippen LogP contribution in [0.5, 0.6) is 5.75 Å². The normalized spacial score (nSPS) is 17.4. The van der Waals surface area contributed by atoms with Gasteiger partial charge in [0.05, 0.1) is 17.7 Å². The number of carbonyl (C=O) groups excluding carboxylic acids is 3. The van der Waals surface area contributed by atoms with Crippen LogP contribution in [0.4, 0.5) is 5.69 Å². The SMILES string of the molecule is CCOc1ccc(NC(=O)C(C)N2C(=O)c3ccccc3C2=O)cc1S(=O)(=O)N1CCCCC1. The van der Waals surface area contributed by atoms with Crippen molar-refractivity contribution in [1.82, 2.24) is 9.21 Å². The Balaban J connectivity index is 1.58.